The summed E-state index contributed by atoms with van der Waals surface area (Å²) >= 11 is 12.7. The zero-order chi connectivity index (χ0) is 16.0. The minimum absolute atomic E-state index is 0.0495. The van der Waals surface area contributed by atoms with Crippen molar-refractivity contribution >= 4 is 50.5 Å². The summed E-state index contributed by atoms with van der Waals surface area (Å²) in [5.74, 6) is -1.14. The summed E-state index contributed by atoms with van der Waals surface area (Å²) < 4.78 is 26.8. The Morgan fingerprint density at radius 3 is 2.48 bits per heavy atom. The molecule has 1 saturated heterocycles. The molecule has 0 bridgehead atoms. The maximum Gasteiger partial charge on any atom is 0.311 e. The Kier molecular flexibility index (Phi) is 4.62. The molecule has 21 heavy (non-hydrogen) atoms. The van der Waals surface area contributed by atoms with E-state index in [1.165, 1.54) is 10.4 Å². The Balaban J connectivity index is 2.37. The molecule has 2 heterocycles. The van der Waals surface area contributed by atoms with Crippen molar-refractivity contribution in [3.63, 3.8) is 0 Å². The second-order valence-electron chi connectivity index (χ2n) is 5.39. The third-order valence-electron chi connectivity index (χ3n) is 4.04. The summed E-state index contributed by atoms with van der Waals surface area (Å²) in [5, 5.41) is 9.48. The van der Waals surface area contributed by atoms with E-state index in [9.17, 15) is 18.3 Å². The average molecular weight is 372 g/mol. The van der Waals surface area contributed by atoms with Crippen molar-refractivity contribution < 1.29 is 18.3 Å². The summed E-state index contributed by atoms with van der Waals surface area (Å²) in [6, 6.07) is 1.31. The number of hydrogen-bond donors (Lipinski definition) is 1. The number of carboxylic acids is 1. The molecule has 2 rings (SSSR count). The van der Waals surface area contributed by atoms with Crippen LogP contribution in [-0.4, -0.2) is 36.9 Å². The third-order valence-corrected chi connectivity index (χ3v) is 7.64. The number of thiophene rings is 1. The summed E-state index contributed by atoms with van der Waals surface area (Å²) in [6.45, 7) is 3.69. The first-order chi connectivity index (χ1) is 9.61. The monoisotopic (exact) mass is 371 g/mol. The van der Waals surface area contributed by atoms with Gasteiger partial charge < -0.3 is 5.11 Å². The van der Waals surface area contributed by atoms with Crippen molar-refractivity contribution in [2.75, 3.05) is 13.1 Å². The van der Waals surface area contributed by atoms with Gasteiger partial charge in [0.2, 0.25) is 10.0 Å². The molecule has 5 nitrogen and oxygen atoms in total. The van der Waals surface area contributed by atoms with E-state index in [-0.39, 0.29) is 39.0 Å². The molecule has 1 atom stereocenters. The van der Waals surface area contributed by atoms with Crippen LogP contribution in [0.15, 0.2) is 11.0 Å². The number of aliphatic carboxylic acids is 1. The minimum Gasteiger partial charge on any atom is -0.481 e. The molecule has 1 aliphatic heterocycles. The maximum absolute atomic E-state index is 12.6. The fourth-order valence-electron chi connectivity index (χ4n) is 2.54. The molecule has 118 valence electrons. The van der Waals surface area contributed by atoms with Gasteiger partial charge in [-0.05, 0) is 18.4 Å². The number of rotatable bonds is 4. The summed E-state index contributed by atoms with van der Waals surface area (Å²) in [4.78, 5) is 11.5. The first kappa shape index (κ1) is 17.0. The summed E-state index contributed by atoms with van der Waals surface area (Å²) in [7, 11) is -3.82. The van der Waals surface area contributed by atoms with E-state index in [0.717, 1.165) is 11.3 Å². The number of carboxylic acid groups (broad SMARTS) is 1. The van der Waals surface area contributed by atoms with Gasteiger partial charge in [-0.1, -0.05) is 37.0 Å². The first-order valence-electron chi connectivity index (χ1n) is 6.29. The van der Waals surface area contributed by atoms with Crippen molar-refractivity contribution in [1.82, 2.24) is 4.31 Å². The van der Waals surface area contributed by atoms with Gasteiger partial charge in [-0.15, -0.1) is 11.3 Å². The lowest BCUT2D eigenvalue weighted by molar-refractivity contribution is -0.150. The molecule has 0 aliphatic carbocycles. The van der Waals surface area contributed by atoms with Crippen molar-refractivity contribution in [2.45, 2.75) is 25.2 Å². The Morgan fingerprint density at radius 1 is 1.48 bits per heavy atom. The second-order valence-corrected chi connectivity index (χ2v) is 9.58. The van der Waals surface area contributed by atoms with Crippen LogP contribution in [0.25, 0.3) is 0 Å². The van der Waals surface area contributed by atoms with Crippen LogP contribution in [0.4, 0.5) is 0 Å². The molecule has 1 unspecified atom stereocenters. The van der Waals surface area contributed by atoms with E-state index < -0.39 is 21.4 Å². The minimum atomic E-state index is -3.82. The first-order valence-corrected chi connectivity index (χ1v) is 9.31. The van der Waals surface area contributed by atoms with Gasteiger partial charge >= 0.3 is 5.97 Å². The molecule has 1 aromatic heterocycles. The molecule has 1 aliphatic rings. The van der Waals surface area contributed by atoms with E-state index >= 15 is 0 Å². The Hall–Kier alpha value is -0.340. The van der Waals surface area contributed by atoms with E-state index in [2.05, 4.69) is 0 Å². The van der Waals surface area contributed by atoms with E-state index in [1.54, 1.807) is 13.8 Å². The molecule has 1 aromatic rings. The number of sulfonamides is 1. The van der Waals surface area contributed by atoms with Gasteiger partial charge in [-0.25, -0.2) is 8.42 Å². The fourth-order valence-corrected chi connectivity index (χ4v) is 6.16. The highest BCUT2D eigenvalue weighted by molar-refractivity contribution is 7.89. The van der Waals surface area contributed by atoms with Gasteiger partial charge in [0.15, 0.2) is 0 Å². The van der Waals surface area contributed by atoms with Gasteiger partial charge in [0.1, 0.15) is 9.23 Å². The molecular formula is C12H15Cl2NO4S2. The molecule has 0 amide bonds. The number of hydrogen-bond acceptors (Lipinski definition) is 4. The quantitative estimate of drug-likeness (QED) is 0.881. The predicted octanol–water partition coefficient (Wildman–Crippen LogP) is 3.18. The zero-order valence-electron chi connectivity index (χ0n) is 11.5. The maximum atomic E-state index is 12.6. The van der Waals surface area contributed by atoms with Crippen LogP contribution >= 0.6 is 34.5 Å². The number of nitrogens with zero attached hydrogens (tertiary/aromatic N) is 1. The highest BCUT2D eigenvalue weighted by atomic mass is 35.5. The third kappa shape index (κ3) is 2.82. The topological polar surface area (TPSA) is 74.7 Å². The highest BCUT2D eigenvalue weighted by Crippen LogP contribution is 2.42. The molecule has 1 N–H and O–H groups in total. The Labute approximate surface area is 137 Å². The molecule has 0 spiro atoms. The second kappa shape index (κ2) is 5.70. The lowest BCUT2D eigenvalue weighted by atomic mass is 9.77. The lowest BCUT2D eigenvalue weighted by Crippen LogP contribution is -2.40. The molecule has 0 saturated carbocycles. The van der Waals surface area contributed by atoms with Crippen molar-refractivity contribution in [3.8, 4) is 0 Å². The molecular weight excluding hydrogens is 357 g/mol. The van der Waals surface area contributed by atoms with E-state index in [1.807, 2.05) is 0 Å². The highest BCUT2D eigenvalue weighted by Gasteiger charge is 2.50. The van der Waals surface area contributed by atoms with Gasteiger partial charge in [0.25, 0.3) is 0 Å². The van der Waals surface area contributed by atoms with Crippen molar-refractivity contribution in [2.24, 2.45) is 11.3 Å². The van der Waals surface area contributed by atoms with E-state index in [0.29, 0.717) is 0 Å². The average Bonchev–Trinajstić information content (AvgIpc) is 2.94. The van der Waals surface area contributed by atoms with Crippen LogP contribution in [0.2, 0.25) is 8.67 Å². The summed E-state index contributed by atoms with van der Waals surface area (Å²) in [6.07, 6.45) is 0.286. The van der Waals surface area contributed by atoms with Gasteiger partial charge in [0.05, 0.1) is 9.75 Å². The van der Waals surface area contributed by atoms with Gasteiger partial charge in [0, 0.05) is 13.1 Å². The van der Waals surface area contributed by atoms with Crippen molar-refractivity contribution in [3.05, 3.63) is 14.7 Å². The normalized spacial score (nSPS) is 23.9. The van der Waals surface area contributed by atoms with Crippen LogP contribution in [0.5, 0.6) is 0 Å². The zero-order valence-corrected chi connectivity index (χ0v) is 14.6. The molecule has 9 heteroatoms. The Morgan fingerprint density at radius 2 is 2.10 bits per heavy atom. The van der Waals surface area contributed by atoms with Gasteiger partial charge in [-0.2, -0.15) is 4.31 Å². The molecule has 1 fully saturated rings. The van der Waals surface area contributed by atoms with Crippen LogP contribution < -0.4 is 0 Å². The van der Waals surface area contributed by atoms with Crippen LogP contribution in [0.3, 0.4) is 0 Å². The van der Waals surface area contributed by atoms with Crippen LogP contribution in [0, 0.1) is 11.3 Å². The number of carbonyl (C=O) groups is 1. The number of halogens is 2. The van der Waals surface area contributed by atoms with Crippen LogP contribution in [0.1, 0.15) is 20.3 Å². The smallest absolute Gasteiger partial charge is 0.311 e. The SMILES string of the molecule is CC(C)C1(C(=O)O)CCN(S(=O)(=O)c2cc(Cl)sc2Cl)C1. The lowest BCUT2D eigenvalue weighted by Gasteiger charge is -2.28. The van der Waals surface area contributed by atoms with Crippen molar-refractivity contribution in [1.29, 1.82) is 0 Å². The van der Waals surface area contributed by atoms with Gasteiger partial charge in [-0.3, -0.25) is 4.79 Å². The molecule has 0 aromatic carbocycles. The van der Waals surface area contributed by atoms with E-state index in [4.69, 9.17) is 23.2 Å². The fraction of sp³-hybridized carbons (Fsp3) is 0.583. The predicted molar refractivity (Wildman–Crippen MR) is 82.6 cm³/mol. The van der Waals surface area contributed by atoms with Crippen LogP contribution in [-0.2, 0) is 14.8 Å². The Bertz CT molecular complexity index is 671. The standard InChI is InChI=1S/C12H15Cl2NO4S2/c1-7(2)12(11(16)17)3-4-15(6-12)21(18,19)8-5-9(13)20-10(8)14/h5,7H,3-4,6H2,1-2H3,(H,16,17). The molecule has 0 radical (unpaired) electrons. The largest absolute Gasteiger partial charge is 0.481 e. The summed E-state index contributed by atoms with van der Waals surface area (Å²) in [5.41, 5.74) is -1.06.